The molecular formula is C55H36N4O. The summed E-state index contributed by atoms with van der Waals surface area (Å²) in [5.74, 6) is 1.93. The smallest absolute Gasteiger partial charge is 0.164 e. The van der Waals surface area contributed by atoms with Crippen LogP contribution in [0.5, 0.6) is 0 Å². The number of hydrogen-bond acceptors (Lipinski definition) is 5. The van der Waals surface area contributed by atoms with Gasteiger partial charge in [-0.05, 0) is 68.4 Å². The molecule has 0 spiro atoms. The predicted octanol–water partition coefficient (Wildman–Crippen LogP) is 14.1. The van der Waals surface area contributed by atoms with Crippen LogP contribution in [0.2, 0.25) is 0 Å². The lowest BCUT2D eigenvalue weighted by Crippen LogP contribution is -2.15. The van der Waals surface area contributed by atoms with Crippen LogP contribution in [0, 0.1) is 0 Å². The first kappa shape index (κ1) is 34.3. The van der Waals surface area contributed by atoms with Crippen LogP contribution < -0.4 is 0 Å². The Morgan fingerprint density at radius 2 is 0.917 bits per heavy atom. The van der Waals surface area contributed by atoms with Crippen molar-refractivity contribution in [3.8, 4) is 67.7 Å². The molecule has 0 saturated carbocycles. The summed E-state index contributed by atoms with van der Waals surface area (Å²) in [4.78, 5) is 20.6. The van der Waals surface area contributed by atoms with Crippen molar-refractivity contribution in [2.24, 2.45) is 0 Å². The Labute approximate surface area is 346 Å². The van der Waals surface area contributed by atoms with E-state index in [9.17, 15) is 0 Å². The maximum Gasteiger partial charge on any atom is 0.164 e. The highest BCUT2D eigenvalue weighted by atomic mass is 16.3. The second-order valence-corrected chi connectivity index (χ2v) is 16.2. The zero-order chi connectivity index (χ0) is 40.0. The molecule has 0 fully saturated rings. The van der Waals surface area contributed by atoms with Gasteiger partial charge in [0.05, 0.1) is 16.6 Å². The van der Waals surface area contributed by atoms with Crippen LogP contribution in [-0.4, -0.2) is 19.9 Å². The summed E-state index contributed by atoms with van der Waals surface area (Å²) in [6.07, 6.45) is 0. The molecule has 5 nitrogen and oxygen atoms in total. The third kappa shape index (κ3) is 5.26. The number of rotatable bonds is 5. The van der Waals surface area contributed by atoms with Crippen LogP contribution >= 0.6 is 0 Å². The van der Waals surface area contributed by atoms with E-state index in [2.05, 4.69) is 153 Å². The molecule has 5 heteroatoms. The van der Waals surface area contributed by atoms with Gasteiger partial charge in [-0.2, -0.15) is 0 Å². The largest absolute Gasteiger partial charge is 0.455 e. The predicted molar refractivity (Wildman–Crippen MR) is 245 cm³/mol. The number of para-hydroxylation sites is 2. The van der Waals surface area contributed by atoms with E-state index in [0.717, 1.165) is 82.7 Å². The van der Waals surface area contributed by atoms with Crippen LogP contribution in [0.3, 0.4) is 0 Å². The van der Waals surface area contributed by atoms with Crippen molar-refractivity contribution in [1.82, 2.24) is 19.9 Å². The molecule has 282 valence electrons. The average Bonchev–Trinajstić information content (AvgIpc) is 3.81. The zero-order valence-electron chi connectivity index (χ0n) is 33.0. The summed E-state index contributed by atoms with van der Waals surface area (Å²) in [6, 6.07) is 63.6. The van der Waals surface area contributed by atoms with Crippen molar-refractivity contribution in [3.63, 3.8) is 0 Å². The van der Waals surface area contributed by atoms with E-state index in [0.29, 0.717) is 17.5 Å². The Hall–Kier alpha value is -7.76. The van der Waals surface area contributed by atoms with Crippen LogP contribution in [0.1, 0.15) is 25.0 Å². The molecule has 60 heavy (non-hydrogen) atoms. The standard InChI is InChI=1S/C55H36N4O/c1-55(2)45-21-11-8-18-40(45)41-29-28-36(32-46(41)55)54-58-52(34-14-4-3-5-15-34)57-53(59-54)35-26-24-33(25-27-35)37-30-31-42(39-17-7-6-16-38(37)39)50-49-44-20-10-13-23-48(44)60-51(49)43-19-9-12-22-47(43)56-50/h3-32H,1-2H3. The maximum atomic E-state index is 6.53. The fraction of sp³-hybridized carbons (Fsp3) is 0.0545. The molecule has 12 rings (SSSR count). The van der Waals surface area contributed by atoms with E-state index in [1.807, 2.05) is 42.5 Å². The summed E-state index contributed by atoms with van der Waals surface area (Å²) in [7, 11) is 0. The second-order valence-electron chi connectivity index (χ2n) is 16.2. The fourth-order valence-electron chi connectivity index (χ4n) is 9.35. The molecule has 0 radical (unpaired) electrons. The normalized spacial score (nSPS) is 13.0. The number of fused-ring (bicyclic) bond motifs is 9. The van der Waals surface area contributed by atoms with Crippen molar-refractivity contribution < 1.29 is 4.42 Å². The third-order valence-corrected chi connectivity index (χ3v) is 12.4. The molecule has 1 aliphatic rings. The molecule has 0 unspecified atom stereocenters. The van der Waals surface area contributed by atoms with Crippen molar-refractivity contribution in [3.05, 3.63) is 193 Å². The molecular weight excluding hydrogens is 733 g/mol. The molecule has 0 saturated heterocycles. The number of nitrogens with zero attached hydrogens (tertiary/aromatic N) is 4. The van der Waals surface area contributed by atoms with Crippen LogP contribution in [0.4, 0.5) is 0 Å². The quantitative estimate of drug-likeness (QED) is 0.174. The van der Waals surface area contributed by atoms with Gasteiger partial charge in [0.25, 0.3) is 0 Å². The van der Waals surface area contributed by atoms with Gasteiger partial charge in [-0.3, -0.25) is 0 Å². The number of hydrogen-bond donors (Lipinski definition) is 0. The van der Waals surface area contributed by atoms with Gasteiger partial charge >= 0.3 is 0 Å². The highest BCUT2D eigenvalue weighted by molar-refractivity contribution is 6.21. The minimum absolute atomic E-state index is 0.135. The highest BCUT2D eigenvalue weighted by Gasteiger charge is 2.35. The van der Waals surface area contributed by atoms with Gasteiger partial charge < -0.3 is 4.42 Å². The number of furan rings is 1. The molecule has 0 amide bonds. The minimum Gasteiger partial charge on any atom is -0.455 e. The fourth-order valence-corrected chi connectivity index (χ4v) is 9.35. The van der Waals surface area contributed by atoms with E-state index in [1.165, 1.54) is 22.3 Å². The summed E-state index contributed by atoms with van der Waals surface area (Å²) in [5, 5.41) is 5.38. The highest BCUT2D eigenvalue weighted by Crippen LogP contribution is 2.49. The lowest BCUT2D eigenvalue weighted by atomic mass is 9.82. The van der Waals surface area contributed by atoms with Gasteiger partial charge in [-0.25, -0.2) is 19.9 Å². The summed E-state index contributed by atoms with van der Waals surface area (Å²) in [5.41, 5.74) is 14.7. The Kier molecular flexibility index (Phi) is 7.51. The monoisotopic (exact) mass is 768 g/mol. The molecule has 11 aromatic rings. The third-order valence-electron chi connectivity index (χ3n) is 12.4. The number of pyridine rings is 1. The Morgan fingerprint density at radius 1 is 0.383 bits per heavy atom. The van der Waals surface area contributed by atoms with Gasteiger partial charge in [0.1, 0.15) is 11.2 Å². The van der Waals surface area contributed by atoms with Crippen molar-refractivity contribution >= 4 is 43.6 Å². The summed E-state index contributed by atoms with van der Waals surface area (Å²) < 4.78 is 6.53. The van der Waals surface area contributed by atoms with E-state index in [4.69, 9.17) is 24.4 Å². The van der Waals surface area contributed by atoms with Crippen molar-refractivity contribution in [2.75, 3.05) is 0 Å². The summed E-state index contributed by atoms with van der Waals surface area (Å²) >= 11 is 0. The zero-order valence-corrected chi connectivity index (χ0v) is 33.0. The average molecular weight is 769 g/mol. The molecule has 0 atom stereocenters. The van der Waals surface area contributed by atoms with Gasteiger partial charge in [-0.15, -0.1) is 0 Å². The number of aromatic nitrogens is 4. The van der Waals surface area contributed by atoms with Gasteiger partial charge in [-0.1, -0.05) is 172 Å². The van der Waals surface area contributed by atoms with Gasteiger partial charge in [0.15, 0.2) is 17.5 Å². The molecule has 8 aromatic carbocycles. The Bertz CT molecular complexity index is 3510. The van der Waals surface area contributed by atoms with Gasteiger partial charge in [0.2, 0.25) is 0 Å². The van der Waals surface area contributed by atoms with Crippen molar-refractivity contribution in [1.29, 1.82) is 0 Å². The van der Waals surface area contributed by atoms with Crippen molar-refractivity contribution in [2.45, 2.75) is 19.3 Å². The van der Waals surface area contributed by atoms with Crippen LogP contribution in [0.25, 0.3) is 111 Å². The first-order valence-corrected chi connectivity index (χ1v) is 20.4. The molecule has 0 aliphatic heterocycles. The lowest BCUT2D eigenvalue weighted by Gasteiger charge is -2.21. The van der Waals surface area contributed by atoms with E-state index in [-0.39, 0.29) is 5.41 Å². The van der Waals surface area contributed by atoms with Crippen LogP contribution in [-0.2, 0) is 5.41 Å². The molecule has 3 aromatic heterocycles. The Morgan fingerprint density at radius 3 is 1.70 bits per heavy atom. The van der Waals surface area contributed by atoms with Crippen LogP contribution in [0.15, 0.2) is 186 Å². The molecule has 0 N–H and O–H groups in total. The van der Waals surface area contributed by atoms with Gasteiger partial charge in [0, 0.05) is 38.4 Å². The number of benzene rings is 8. The lowest BCUT2D eigenvalue weighted by molar-refractivity contribution is 0.660. The topological polar surface area (TPSA) is 64.7 Å². The summed E-state index contributed by atoms with van der Waals surface area (Å²) in [6.45, 7) is 4.60. The first-order valence-electron chi connectivity index (χ1n) is 20.4. The minimum atomic E-state index is -0.135. The molecule has 1 aliphatic carbocycles. The SMILES string of the molecule is CC1(C)c2ccccc2-c2ccc(-c3nc(-c4ccccc4)nc(-c4ccc(-c5ccc(-c6nc7ccccc7c7oc8ccccc8c67)c6ccccc56)cc4)n3)cc21. The maximum absolute atomic E-state index is 6.53. The van der Waals surface area contributed by atoms with E-state index in [1.54, 1.807) is 0 Å². The van der Waals surface area contributed by atoms with E-state index < -0.39 is 0 Å². The molecule has 0 bridgehead atoms. The van der Waals surface area contributed by atoms with E-state index >= 15 is 0 Å². The Balaban J connectivity index is 0.966. The second kappa shape index (κ2) is 13.1. The molecule has 3 heterocycles. The first-order chi connectivity index (χ1) is 29.5.